The Morgan fingerprint density at radius 2 is 2.14 bits per heavy atom. The van der Waals surface area contributed by atoms with Gasteiger partial charge >= 0.3 is 0 Å². The summed E-state index contributed by atoms with van der Waals surface area (Å²) in [6, 6.07) is 0. The van der Waals surface area contributed by atoms with Gasteiger partial charge in [-0.1, -0.05) is 18.5 Å². The van der Waals surface area contributed by atoms with E-state index in [1.165, 1.54) is 0 Å². The van der Waals surface area contributed by atoms with Gasteiger partial charge in [0.05, 0.1) is 10.6 Å². The molecule has 1 aliphatic rings. The second-order valence-corrected chi connectivity index (χ2v) is 4.67. The van der Waals surface area contributed by atoms with Crippen molar-refractivity contribution in [3.63, 3.8) is 0 Å². The van der Waals surface area contributed by atoms with E-state index in [-0.39, 0.29) is 5.54 Å². The monoisotopic (exact) mass is 211 g/mol. The van der Waals surface area contributed by atoms with Crippen LogP contribution in [0.2, 0.25) is 5.02 Å². The van der Waals surface area contributed by atoms with Crippen LogP contribution in [0.25, 0.3) is 0 Å². The first kappa shape index (κ1) is 9.87. The van der Waals surface area contributed by atoms with E-state index in [1.807, 2.05) is 0 Å². The minimum atomic E-state index is -0.329. The third kappa shape index (κ3) is 1.74. The molecular weight excluding hydrogens is 198 g/mol. The van der Waals surface area contributed by atoms with Gasteiger partial charge in [0.25, 0.3) is 0 Å². The average molecular weight is 212 g/mol. The van der Waals surface area contributed by atoms with Crippen molar-refractivity contribution in [3.05, 3.63) is 23.2 Å². The van der Waals surface area contributed by atoms with Crippen LogP contribution in [0, 0.1) is 5.92 Å². The lowest BCUT2D eigenvalue weighted by atomic mass is 9.97. The quantitative estimate of drug-likeness (QED) is 0.774. The number of hydrogen-bond acceptors (Lipinski definition) is 3. The van der Waals surface area contributed by atoms with E-state index in [4.69, 9.17) is 17.3 Å². The van der Waals surface area contributed by atoms with Crippen LogP contribution in [0.5, 0.6) is 0 Å². The first-order chi connectivity index (χ1) is 6.60. The Balaban J connectivity index is 2.26. The minimum Gasteiger partial charge on any atom is -0.319 e. The molecule has 0 spiro atoms. The van der Waals surface area contributed by atoms with Gasteiger partial charge in [-0.3, -0.25) is 0 Å². The van der Waals surface area contributed by atoms with Crippen molar-refractivity contribution in [2.24, 2.45) is 11.7 Å². The fourth-order valence-corrected chi connectivity index (χ4v) is 2.20. The van der Waals surface area contributed by atoms with Crippen LogP contribution in [0.3, 0.4) is 0 Å². The van der Waals surface area contributed by atoms with E-state index < -0.39 is 0 Å². The van der Waals surface area contributed by atoms with Crippen LogP contribution < -0.4 is 5.73 Å². The molecule has 0 aliphatic heterocycles. The maximum absolute atomic E-state index is 6.25. The van der Waals surface area contributed by atoms with Gasteiger partial charge in [-0.05, 0) is 25.2 Å². The van der Waals surface area contributed by atoms with Gasteiger partial charge in [0.15, 0.2) is 0 Å². The zero-order valence-electron chi connectivity index (χ0n) is 8.20. The van der Waals surface area contributed by atoms with Crippen LogP contribution in [-0.2, 0) is 5.54 Å². The lowest BCUT2D eigenvalue weighted by Gasteiger charge is -2.21. The van der Waals surface area contributed by atoms with Gasteiger partial charge in [-0.2, -0.15) is 0 Å². The zero-order chi connectivity index (χ0) is 10.2. The molecule has 2 N–H and O–H groups in total. The van der Waals surface area contributed by atoms with Crippen molar-refractivity contribution in [1.82, 2.24) is 9.97 Å². The summed E-state index contributed by atoms with van der Waals surface area (Å²) in [7, 11) is 0. The molecule has 14 heavy (non-hydrogen) atoms. The van der Waals surface area contributed by atoms with E-state index >= 15 is 0 Å². The molecule has 0 bridgehead atoms. The number of rotatable bonds is 1. The van der Waals surface area contributed by atoms with Gasteiger partial charge in [0, 0.05) is 12.4 Å². The molecule has 1 aromatic rings. The molecule has 0 aromatic carbocycles. The highest BCUT2D eigenvalue weighted by molar-refractivity contribution is 6.30. The molecule has 2 unspecified atom stereocenters. The zero-order valence-corrected chi connectivity index (χ0v) is 8.96. The van der Waals surface area contributed by atoms with Crippen molar-refractivity contribution >= 4 is 11.6 Å². The van der Waals surface area contributed by atoms with Crippen molar-refractivity contribution in [2.75, 3.05) is 0 Å². The van der Waals surface area contributed by atoms with Crippen LogP contribution in [0.15, 0.2) is 12.4 Å². The average Bonchev–Trinajstić information content (AvgIpc) is 2.48. The Labute approximate surface area is 88.7 Å². The summed E-state index contributed by atoms with van der Waals surface area (Å²) in [5.74, 6) is 1.39. The van der Waals surface area contributed by atoms with E-state index in [0.29, 0.717) is 10.9 Å². The van der Waals surface area contributed by atoms with E-state index in [9.17, 15) is 0 Å². The van der Waals surface area contributed by atoms with Crippen molar-refractivity contribution in [3.8, 4) is 0 Å². The summed E-state index contributed by atoms with van der Waals surface area (Å²) in [4.78, 5) is 8.40. The summed E-state index contributed by atoms with van der Waals surface area (Å²) in [6.07, 6.45) is 6.32. The highest BCUT2D eigenvalue weighted by Crippen LogP contribution is 2.38. The largest absolute Gasteiger partial charge is 0.319 e. The lowest BCUT2D eigenvalue weighted by Crippen LogP contribution is -2.35. The van der Waals surface area contributed by atoms with Gasteiger partial charge in [0.2, 0.25) is 0 Å². The molecule has 1 heterocycles. The molecule has 0 amide bonds. The van der Waals surface area contributed by atoms with E-state index in [2.05, 4.69) is 16.9 Å². The van der Waals surface area contributed by atoms with E-state index in [1.54, 1.807) is 12.4 Å². The maximum atomic E-state index is 6.25. The molecule has 0 saturated heterocycles. The molecule has 1 aliphatic carbocycles. The first-order valence-electron chi connectivity index (χ1n) is 4.87. The molecule has 76 valence electrons. The third-order valence-corrected chi connectivity index (χ3v) is 3.06. The molecule has 2 atom stereocenters. The Morgan fingerprint density at radius 3 is 2.64 bits per heavy atom. The van der Waals surface area contributed by atoms with Gasteiger partial charge in [0.1, 0.15) is 5.82 Å². The first-order valence-corrected chi connectivity index (χ1v) is 5.25. The second-order valence-electron chi connectivity index (χ2n) is 4.23. The molecule has 4 heteroatoms. The Morgan fingerprint density at radius 1 is 1.50 bits per heavy atom. The minimum absolute atomic E-state index is 0.329. The van der Waals surface area contributed by atoms with Gasteiger partial charge in [-0.25, -0.2) is 9.97 Å². The fourth-order valence-electron chi connectivity index (χ4n) is 2.10. The number of aromatic nitrogens is 2. The Kier molecular flexibility index (Phi) is 2.45. The van der Waals surface area contributed by atoms with E-state index in [0.717, 1.165) is 25.1 Å². The number of halogens is 1. The highest BCUT2D eigenvalue weighted by atomic mass is 35.5. The van der Waals surface area contributed by atoms with Crippen molar-refractivity contribution in [1.29, 1.82) is 0 Å². The fraction of sp³-hybridized carbons (Fsp3) is 0.600. The summed E-state index contributed by atoms with van der Waals surface area (Å²) >= 11 is 5.73. The number of hydrogen-bond donors (Lipinski definition) is 1. The maximum Gasteiger partial charge on any atom is 0.148 e. The molecule has 3 nitrogen and oxygen atoms in total. The van der Waals surface area contributed by atoms with Crippen LogP contribution in [-0.4, -0.2) is 9.97 Å². The number of nitrogens with zero attached hydrogens (tertiary/aromatic N) is 2. The van der Waals surface area contributed by atoms with Gasteiger partial charge < -0.3 is 5.73 Å². The molecule has 0 radical (unpaired) electrons. The standard InChI is InChI=1S/C10H14ClN3/c1-7-2-3-10(12,4-7)9-13-5-8(11)6-14-9/h5-7H,2-4,12H2,1H3. The predicted molar refractivity (Wildman–Crippen MR) is 55.9 cm³/mol. The molecule has 1 fully saturated rings. The molecular formula is C10H14ClN3. The topological polar surface area (TPSA) is 51.8 Å². The van der Waals surface area contributed by atoms with Crippen LogP contribution in [0.4, 0.5) is 0 Å². The van der Waals surface area contributed by atoms with Crippen molar-refractivity contribution in [2.45, 2.75) is 31.7 Å². The highest BCUT2D eigenvalue weighted by Gasteiger charge is 2.37. The van der Waals surface area contributed by atoms with Crippen molar-refractivity contribution < 1.29 is 0 Å². The lowest BCUT2D eigenvalue weighted by molar-refractivity contribution is 0.414. The van der Waals surface area contributed by atoms with Crippen LogP contribution >= 0.6 is 11.6 Å². The summed E-state index contributed by atoms with van der Waals surface area (Å²) in [5, 5.41) is 0.559. The SMILES string of the molecule is CC1CCC(N)(c2ncc(Cl)cn2)C1. The smallest absolute Gasteiger partial charge is 0.148 e. The molecule has 2 rings (SSSR count). The van der Waals surface area contributed by atoms with Gasteiger partial charge in [-0.15, -0.1) is 0 Å². The Bertz CT molecular complexity index is 325. The summed E-state index contributed by atoms with van der Waals surface area (Å²) in [6.45, 7) is 2.21. The summed E-state index contributed by atoms with van der Waals surface area (Å²) < 4.78 is 0. The third-order valence-electron chi connectivity index (χ3n) is 2.86. The number of nitrogens with two attached hydrogens (primary N) is 1. The molecule has 1 aromatic heterocycles. The molecule has 1 saturated carbocycles. The Hall–Kier alpha value is -0.670. The normalized spacial score (nSPS) is 32.1. The summed E-state index contributed by atoms with van der Waals surface area (Å²) in [5.41, 5.74) is 5.92. The predicted octanol–water partition coefficient (Wildman–Crippen LogP) is 2.10. The second kappa shape index (κ2) is 3.48. The van der Waals surface area contributed by atoms with Crippen LogP contribution in [0.1, 0.15) is 32.0 Å².